The summed E-state index contributed by atoms with van der Waals surface area (Å²) in [7, 11) is 0. The second kappa shape index (κ2) is 5.26. The second-order valence-corrected chi connectivity index (χ2v) is 5.56. The quantitative estimate of drug-likeness (QED) is 0.885. The molecule has 0 bridgehead atoms. The molecule has 1 unspecified atom stereocenters. The topological polar surface area (TPSA) is 44.0 Å². The third-order valence-corrected chi connectivity index (χ3v) is 4.11. The Balaban J connectivity index is 2.31. The molecule has 19 heavy (non-hydrogen) atoms. The van der Waals surface area contributed by atoms with E-state index in [2.05, 4.69) is 13.0 Å². The fraction of sp³-hybridized carbons (Fsp3) is 0.533. The first-order valence-electron chi connectivity index (χ1n) is 6.52. The maximum absolute atomic E-state index is 13.2. The van der Waals surface area contributed by atoms with Gasteiger partial charge in [0.1, 0.15) is 11.6 Å². The van der Waals surface area contributed by atoms with Crippen molar-refractivity contribution < 1.29 is 13.9 Å². The molecule has 1 aliphatic carbocycles. The van der Waals surface area contributed by atoms with Crippen molar-refractivity contribution >= 4 is 0 Å². The van der Waals surface area contributed by atoms with Gasteiger partial charge < -0.3 is 5.11 Å². The van der Waals surface area contributed by atoms with Gasteiger partial charge in [-0.3, -0.25) is 0 Å². The van der Waals surface area contributed by atoms with E-state index in [1.54, 1.807) is 0 Å². The van der Waals surface area contributed by atoms with Crippen LogP contribution in [0.2, 0.25) is 0 Å². The fourth-order valence-corrected chi connectivity index (χ4v) is 2.78. The highest BCUT2D eigenvalue weighted by Crippen LogP contribution is 2.47. The molecule has 1 aromatic rings. The monoisotopic (exact) mass is 265 g/mol. The number of hydrogen-bond donors (Lipinski definition) is 1. The number of aliphatic hydroxyl groups is 1. The molecule has 0 saturated heterocycles. The molecule has 0 aliphatic heterocycles. The van der Waals surface area contributed by atoms with Crippen LogP contribution in [0.5, 0.6) is 0 Å². The predicted octanol–water partition coefficient (Wildman–Crippen LogP) is 3.72. The summed E-state index contributed by atoms with van der Waals surface area (Å²) in [6, 6.07) is 5.15. The van der Waals surface area contributed by atoms with Crippen LogP contribution in [0.1, 0.15) is 44.3 Å². The summed E-state index contributed by atoms with van der Waals surface area (Å²) in [5.41, 5.74) is -0.777. The van der Waals surface area contributed by atoms with Gasteiger partial charge in [0.05, 0.1) is 17.6 Å². The van der Waals surface area contributed by atoms with Crippen molar-refractivity contribution in [2.24, 2.45) is 11.3 Å². The molecular weight excluding hydrogens is 248 g/mol. The third kappa shape index (κ3) is 2.76. The molecule has 1 aliphatic rings. The highest BCUT2D eigenvalue weighted by atomic mass is 19.1. The predicted molar refractivity (Wildman–Crippen MR) is 67.0 cm³/mol. The van der Waals surface area contributed by atoms with Crippen LogP contribution < -0.4 is 0 Å². The molecule has 1 N–H and O–H groups in total. The Morgan fingerprint density at radius 1 is 1.26 bits per heavy atom. The second-order valence-electron chi connectivity index (χ2n) is 5.56. The van der Waals surface area contributed by atoms with Crippen LogP contribution in [0.25, 0.3) is 0 Å². The average molecular weight is 265 g/mol. The van der Waals surface area contributed by atoms with Crippen molar-refractivity contribution in [3.63, 3.8) is 0 Å². The van der Waals surface area contributed by atoms with Crippen LogP contribution in [0, 0.1) is 34.3 Å². The van der Waals surface area contributed by atoms with Gasteiger partial charge in [-0.15, -0.1) is 0 Å². The number of halogens is 2. The van der Waals surface area contributed by atoms with E-state index in [1.165, 1.54) is 0 Å². The summed E-state index contributed by atoms with van der Waals surface area (Å²) < 4.78 is 26.4. The molecule has 1 saturated carbocycles. The average Bonchev–Trinajstić information content (AvgIpc) is 2.38. The zero-order valence-corrected chi connectivity index (χ0v) is 10.9. The van der Waals surface area contributed by atoms with Crippen molar-refractivity contribution in [1.82, 2.24) is 0 Å². The zero-order chi connectivity index (χ0) is 14.0. The number of nitrogens with zero attached hydrogens (tertiary/aromatic N) is 1. The van der Waals surface area contributed by atoms with Crippen LogP contribution >= 0.6 is 0 Å². The number of nitriles is 1. The van der Waals surface area contributed by atoms with Crippen LogP contribution in [-0.4, -0.2) is 5.11 Å². The van der Waals surface area contributed by atoms with Gasteiger partial charge in [-0.05, 0) is 49.3 Å². The molecule has 0 amide bonds. The molecule has 4 heteroatoms. The first-order chi connectivity index (χ1) is 8.97. The van der Waals surface area contributed by atoms with Gasteiger partial charge >= 0.3 is 0 Å². The number of rotatable bonds is 2. The van der Waals surface area contributed by atoms with E-state index in [0.717, 1.165) is 31.0 Å². The minimum absolute atomic E-state index is 0.147. The summed E-state index contributed by atoms with van der Waals surface area (Å²) >= 11 is 0. The summed E-state index contributed by atoms with van der Waals surface area (Å²) in [5.74, 6) is -0.935. The normalized spacial score (nSPS) is 28.7. The standard InChI is InChI=1S/C15H17F2NO/c1-10-2-4-15(9-18,5-3-10)14(19)11-6-12(16)8-13(17)7-11/h6-8,10,14,19H,2-5H2,1H3. The van der Waals surface area contributed by atoms with Crippen LogP contribution in [0.15, 0.2) is 18.2 Å². The van der Waals surface area contributed by atoms with Gasteiger partial charge in [0, 0.05) is 6.07 Å². The van der Waals surface area contributed by atoms with Gasteiger partial charge in [-0.2, -0.15) is 5.26 Å². The Morgan fingerprint density at radius 3 is 2.26 bits per heavy atom. The summed E-state index contributed by atoms with van der Waals surface area (Å²) in [5, 5.41) is 19.8. The van der Waals surface area contributed by atoms with E-state index in [0.29, 0.717) is 18.8 Å². The van der Waals surface area contributed by atoms with Gasteiger partial charge in [-0.1, -0.05) is 6.92 Å². The summed E-state index contributed by atoms with van der Waals surface area (Å²) in [4.78, 5) is 0. The van der Waals surface area contributed by atoms with E-state index in [4.69, 9.17) is 0 Å². The highest BCUT2D eigenvalue weighted by Gasteiger charge is 2.41. The SMILES string of the molecule is CC1CCC(C#N)(C(O)c2cc(F)cc(F)c2)CC1. The van der Waals surface area contributed by atoms with Crippen molar-refractivity contribution in [2.45, 2.75) is 38.7 Å². The van der Waals surface area contributed by atoms with Gasteiger partial charge in [0.25, 0.3) is 0 Å². The van der Waals surface area contributed by atoms with Crippen molar-refractivity contribution in [2.75, 3.05) is 0 Å². The summed E-state index contributed by atoms with van der Waals surface area (Å²) in [6.07, 6.45) is 1.67. The highest BCUT2D eigenvalue weighted by molar-refractivity contribution is 5.25. The van der Waals surface area contributed by atoms with Gasteiger partial charge in [-0.25, -0.2) is 8.78 Å². The van der Waals surface area contributed by atoms with Crippen LogP contribution in [0.3, 0.4) is 0 Å². The maximum atomic E-state index is 13.2. The molecule has 1 aromatic carbocycles. The molecule has 2 nitrogen and oxygen atoms in total. The number of benzene rings is 1. The first-order valence-corrected chi connectivity index (χ1v) is 6.52. The molecule has 2 rings (SSSR count). The van der Waals surface area contributed by atoms with Gasteiger partial charge in [0.15, 0.2) is 0 Å². The minimum Gasteiger partial charge on any atom is -0.387 e. The van der Waals surface area contributed by atoms with E-state index >= 15 is 0 Å². The Kier molecular flexibility index (Phi) is 3.86. The van der Waals surface area contributed by atoms with E-state index in [1.807, 2.05) is 0 Å². The Bertz CT molecular complexity index is 481. The Morgan fingerprint density at radius 2 is 1.79 bits per heavy atom. The Hall–Kier alpha value is -1.47. The van der Waals surface area contributed by atoms with Crippen LogP contribution in [0.4, 0.5) is 8.78 Å². The first kappa shape index (κ1) is 14.0. The smallest absolute Gasteiger partial charge is 0.126 e. The lowest BCUT2D eigenvalue weighted by Crippen LogP contribution is -2.32. The Labute approximate surface area is 111 Å². The van der Waals surface area contributed by atoms with Gasteiger partial charge in [0.2, 0.25) is 0 Å². The van der Waals surface area contributed by atoms with E-state index in [9.17, 15) is 19.1 Å². The number of hydrogen-bond acceptors (Lipinski definition) is 2. The molecular formula is C15H17F2NO. The van der Waals surface area contributed by atoms with Crippen molar-refractivity contribution in [3.8, 4) is 6.07 Å². The lowest BCUT2D eigenvalue weighted by atomic mass is 9.67. The molecule has 0 radical (unpaired) electrons. The van der Waals surface area contributed by atoms with Crippen molar-refractivity contribution in [1.29, 1.82) is 5.26 Å². The minimum atomic E-state index is -1.14. The largest absolute Gasteiger partial charge is 0.387 e. The molecule has 0 spiro atoms. The molecule has 0 heterocycles. The molecule has 1 atom stereocenters. The van der Waals surface area contributed by atoms with Crippen LogP contribution in [-0.2, 0) is 0 Å². The van der Waals surface area contributed by atoms with E-state index in [-0.39, 0.29) is 5.56 Å². The van der Waals surface area contributed by atoms with Crippen molar-refractivity contribution in [3.05, 3.63) is 35.4 Å². The lowest BCUT2D eigenvalue weighted by Gasteiger charge is -2.37. The third-order valence-electron chi connectivity index (χ3n) is 4.11. The molecule has 102 valence electrons. The lowest BCUT2D eigenvalue weighted by molar-refractivity contribution is 0.0262. The van der Waals surface area contributed by atoms with E-state index < -0.39 is 23.2 Å². The molecule has 0 aromatic heterocycles. The molecule has 1 fully saturated rings. The number of aliphatic hydroxyl groups excluding tert-OH is 1. The fourth-order valence-electron chi connectivity index (χ4n) is 2.78. The summed E-state index contributed by atoms with van der Waals surface area (Å²) in [6.45, 7) is 2.11. The zero-order valence-electron chi connectivity index (χ0n) is 10.9. The maximum Gasteiger partial charge on any atom is 0.126 e.